The van der Waals surface area contributed by atoms with Crippen LogP contribution in [0.4, 0.5) is 5.69 Å². The van der Waals surface area contributed by atoms with Crippen molar-refractivity contribution in [3.05, 3.63) is 96.1 Å². The van der Waals surface area contributed by atoms with Crippen LogP contribution in [0.1, 0.15) is 15.9 Å². The van der Waals surface area contributed by atoms with E-state index in [1.54, 1.807) is 19.2 Å². The summed E-state index contributed by atoms with van der Waals surface area (Å²) in [5.74, 6) is 0.635. The van der Waals surface area contributed by atoms with E-state index in [2.05, 4.69) is 15.6 Å². The van der Waals surface area contributed by atoms with E-state index in [0.29, 0.717) is 17.6 Å². The van der Waals surface area contributed by atoms with E-state index in [1.165, 1.54) is 0 Å². The van der Waals surface area contributed by atoms with Crippen LogP contribution in [0.3, 0.4) is 0 Å². The summed E-state index contributed by atoms with van der Waals surface area (Å²) in [5.41, 5.74) is 3.94. The van der Waals surface area contributed by atoms with Gasteiger partial charge >= 0.3 is 0 Å². The summed E-state index contributed by atoms with van der Waals surface area (Å²) in [6.45, 7) is 0.586. The monoisotopic (exact) mass is 408 g/mol. The predicted molar refractivity (Wildman–Crippen MR) is 122 cm³/mol. The topological polar surface area (TPSA) is 69.0 Å². The zero-order valence-corrected chi connectivity index (χ0v) is 16.9. The maximum Gasteiger partial charge on any atom is 0.255 e. The SMILES string of the molecule is COc1ccc(Cn2nnc3cc(C(=O)Nc4ccc5ccccc5c4)ccc32)cc1. The van der Waals surface area contributed by atoms with Gasteiger partial charge in [-0.15, -0.1) is 5.10 Å². The molecule has 1 N–H and O–H groups in total. The number of carbonyl (C=O) groups excluding carboxylic acids is 1. The van der Waals surface area contributed by atoms with Crippen LogP contribution in [0.15, 0.2) is 84.9 Å². The molecular weight excluding hydrogens is 388 g/mol. The van der Waals surface area contributed by atoms with E-state index >= 15 is 0 Å². The normalized spacial score (nSPS) is 11.0. The van der Waals surface area contributed by atoms with Crippen molar-refractivity contribution in [1.82, 2.24) is 15.0 Å². The number of amides is 1. The molecule has 1 amide bonds. The summed E-state index contributed by atoms with van der Waals surface area (Å²) in [6, 6.07) is 27.2. The number of hydrogen-bond donors (Lipinski definition) is 1. The molecule has 0 spiro atoms. The second kappa shape index (κ2) is 7.91. The van der Waals surface area contributed by atoms with Crippen LogP contribution in [0.25, 0.3) is 21.8 Å². The minimum atomic E-state index is -0.179. The van der Waals surface area contributed by atoms with Gasteiger partial charge in [-0.25, -0.2) is 4.68 Å². The standard InChI is InChI=1S/C25H20N4O2/c1-31-22-11-6-17(7-12-22)16-29-24-13-9-20(15-23(24)27-28-29)25(30)26-21-10-8-18-4-2-3-5-19(18)14-21/h2-15H,16H2,1H3,(H,26,30). The van der Waals surface area contributed by atoms with Crippen molar-refractivity contribution >= 4 is 33.4 Å². The van der Waals surface area contributed by atoms with Crippen molar-refractivity contribution in [1.29, 1.82) is 0 Å². The van der Waals surface area contributed by atoms with E-state index < -0.39 is 0 Å². The molecule has 0 radical (unpaired) electrons. The van der Waals surface area contributed by atoms with Crippen molar-refractivity contribution in [2.45, 2.75) is 6.54 Å². The summed E-state index contributed by atoms with van der Waals surface area (Å²) in [7, 11) is 1.65. The fourth-order valence-corrected chi connectivity index (χ4v) is 3.60. The Morgan fingerprint density at radius 1 is 0.935 bits per heavy atom. The lowest BCUT2D eigenvalue weighted by molar-refractivity contribution is 0.102. The van der Waals surface area contributed by atoms with Gasteiger partial charge in [0.15, 0.2) is 0 Å². The number of aromatic nitrogens is 3. The Hall–Kier alpha value is -4.19. The average Bonchev–Trinajstić information content (AvgIpc) is 3.21. The molecule has 0 saturated carbocycles. The Bertz CT molecular complexity index is 1390. The van der Waals surface area contributed by atoms with Crippen molar-refractivity contribution in [2.75, 3.05) is 12.4 Å². The first kappa shape index (κ1) is 18.8. The second-order valence-electron chi connectivity index (χ2n) is 7.31. The van der Waals surface area contributed by atoms with E-state index in [4.69, 9.17) is 4.74 Å². The first-order valence-corrected chi connectivity index (χ1v) is 9.96. The molecule has 6 heteroatoms. The Morgan fingerprint density at radius 3 is 2.55 bits per heavy atom. The van der Waals surface area contributed by atoms with Gasteiger partial charge in [-0.3, -0.25) is 4.79 Å². The van der Waals surface area contributed by atoms with Crippen LogP contribution in [0, 0.1) is 0 Å². The number of methoxy groups -OCH3 is 1. The molecule has 31 heavy (non-hydrogen) atoms. The Balaban J connectivity index is 1.36. The van der Waals surface area contributed by atoms with Gasteiger partial charge in [-0.1, -0.05) is 47.7 Å². The van der Waals surface area contributed by atoms with E-state index in [1.807, 2.05) is 77.5 Å². The maximum absolute atomic E-state index is 12.8. The number of fused-ring (bicyclic) bond motifs is 2. The molecular formula is C25H20N4O2. The zero-order chi connectivity index (χ0) is 21.2. The smallest absolute Gasteiger partial charge is 0.255 e. The number of ether oxygens (including phenoxy) is 1. The van der Waals surface area contributed by atoms with Crippen molar-refractivity contribution in [3.8, 4) is 5.75 Å². The average molecular weight is 408 g/mol. The number of anilines is 1. The van der Waals surface area contributed by atoms with Gasteiger partial charge < -0.3 is 10.1 Å². The molecule has 5 aromatic rings. The van der Waals surface area contributed by atoms with E-state index in [0.717, 1.165) is 33.3 Å². The predicted octanol–water partition coefficient (Wildman–Crippen LogP) is 4.89. The maximum atomic E-state index is 12.8. The van der Waals surface area contributed by atoms with E-state index in [9.17, 15) is 4.79 Å². The van der Waals surface area contributed by atoms with Crippen molar-refractivity contribution in [3.63, 3.8) is 0 Å². The van der Waals surface area contributed by atoms with Gasteiger partial charge in [0.05, 0.1) is 19.2 Å². The number of nitrogens with zero attached hydrogens (tertiary/aromatic N) is 3. The fraction of sp³-hybridized carbons (Fsp3) is 0.0800. The quantitative estimate of drug-likeness (QED) is 0.449. The summed E-state index contributed by atoms with van der Waals surface area (Å²) < 4.78 is 7.02. The van der Waals surface area contributed by atoms with E-state index in [-0.39, 0.29) is 5.91 Å². The molecule has 0 unspecified atom stereocenters. The Morgan fingerprint density at radius 2 is 1.74 bits per heavy atom. The highest BCUT2D eigenvalue weighted by atomic mass is 16.5. The van der Waals surface area contributed by atoms with Gasteiger partial charge in [-0.05, 0) is 58.8 Å². The molecule has 152 valence electrons. The fourth-order valence-electron chi connectivity index (χ4n) is 3.60. The number of carbonyl (C=O) groups is 1. The minimum absolute atomic E-state index is 0.179. The van der Waals surface area contributed by atoms with Crippen LogP contribution in [0.5, 0.6) is 5.75 Å². The molecule has 0 atom stereocenters. The number of rotatable bonds is 5. The lowest BCUT2D eigenvalue weighted by atomic mass is 10.1. The highest BCUT2D eigenvalue weighted by molar-refractivity contribution is 6.06. The Kier molecular flexibility index (Phi) is 4.80. The highest BCUT2D eigenvalue weighted by Crippen LogP contribution is 2.21. The molecule has 1 heterocycles. The lowest BCUT2D eigenvalue weighted by Crippen LogP contribution is -2.11. The summed E-state index contributed by atoms with van der Waals surface area (Å²) >= 11 is 0. The van der Waals surface area contributed by atoms with Gasteiger partial charge in [0, 0.05) is 11.3 Å². The van der Waals surface area contributed by atoms with Crippen molar-refractivity contribution < 1.29 is 9.53 Å². The van der Waals surface area contributed by atoms with Gasteiger partial charge in [0.1, 0.15) is 11.3 Å². The molecule has 0 aliphatic rings. The molecule has 0 fully saturated rings. The number of nitrogens with one attached hydrogen (secondary N) is 1. The van der Waals surface area contributed by atoms with Crippen LogP contribution in [-0.4, -0.2) is 28.0 Å². The lowest BCUT2D eigenvalue weighted by Gasteiger charge is -2.07. The molecule has 0 bridgehead atoms. The van der Waals surface area contributed by atoms with Gasteiger partial charge in [-0.2, -0.15) is 0 Å². The van der Waals surface area contributed by atoms with Crippen LogP contribution in [0.2, 0.25) is 0 Å². The van der Waals surface area contributed by atoms with Crippen molar-refractivity contribution in [2.24, 2.45) is 0 Å². The second-order valence-corrected chi connectivity index (χ2v) is 7.31. The van der Waals surface area contributed by atoms with Gasteiger partial charge in [0.25, 0.3) is 5.91 Å². The molecule has 5 rings (SSSR count). The first-order valence-electron chi connectivity index (χ1n) is 9.96. The third-order valence-corrected chi connectivity index (χ3v) is 5.27. The third-order valence-electron chi connectivity index (χ3n) is 5.27. The third kappa shape index (κ3) is 3.83. The number of hydrogen-bond acceptors (Lipinski definition) is 4. The Labute approximate surface area is 179 Å². The molecule has 4 aromatic carbocycles. The zero-order valence-electron chi connectivity index (χ0n) is 16.9. The summed E-state index contributed by atoms with van der Waals surface area (Å²) in [4.78, 5) is 12.8. The molecule has 0 aliphatic heterocycles. The van der Waals surface area contributed by atoms with Crippen LogP contribution in [-0.2, 0) is 6.54 Å². The number of benzene rings is 4. The summed E-state index contributed by atoms with van der Waals surface area (Å²) in [5, 5.41) is 13.7. The molecule has 0 saturated heterocycles. The van der Waals surface area contributed by atoms with Crippen LogP contribution < -0.4 is 10.1 Å². The minimum Gasteiger partial charge on any atom is -0.497 e. The van der Waals surface area contributed by atoms with Crippen LogP contribution >= 0.6 is 0 Å². The molecule has 6 nitrogen and oxygen atoms in total. The van der Waals surface area contributed by atoms with Gasteiger partial charge in [0.2, 0.25) is 0 Å². The largest absolute Gasteiger partial charge is 0.497 e. The summed E-state index contributed by atoms with van der Waals surface area (Å²) in [6.07, 6.45) is 0. The molecule has 0 aliphatic carbocycles. The molecule has 1 aromatic heterocycles. The highest BCUT2D eigenvalue weighted by Gasteiger charge is 2.11. The first-order chi connectivity index (χ1) is 15.2.